The third-order valence-corrected chi connectivity index (χ3v) is 2.33. The van der Waals surface area contributed by atoms with E-state index >= 15 is 0 Å². The molecule has 1 aromatic rings. The van der Waals surface area contributed by atoms with Gasteiger partial charge in [-0.15, -0.1) is 0 Å². The van der Waals surface area contributed by atoms with Crippen LogP contribution in [0.3, 0.4) is 0 Å². The van der Waals surface area contributed by atoms with Gasteiger partial charge in [-0.05, 0) is 6.92 Å². The van der Waals surface area contributed by atoms with E-state index in [-0.39, 0.29) is 5.00 Å². The summed E-state index contributed by atoms with van der Waals surface area (Å²) in [4.78, 5) is 9.79. The SMILES string of the molecule is Cc1c(C#N)csc1[N+](=O)[O-]. The van der Waals surface area contributed by atoms with Crippen LogP contribution in [0.5, 0.6) is 0 Å². The Labute approximate surface area is 66.8 Å². The number of hydrogen-bond donors (Lipinski definition) is 0. The summed E-state index contributed by atoms with van der Waals surface area (Å²) in [6.07, 6.45) is 0. The molecule has 0 amide bonds. The molecule has 56 valence electrons. The lowest BCUT2D eigenvalue weighted by Gasteiger charge is -1.85. The average Bonchev–Trinajstić information content (AvgIpc) is 2.30. The van der Waals surface area contributed by atoms with E-state index in [9.17, 15) is 10.1 Å². The lowest BCUT2D eigenvalue weighted by Crippen LogP contribution is -1.86. The molecule has 11 heavy (non-hydrogen) atoms. The number of thiophene rings is 1. The third kappa shape index (κ3) is 1.21. The zero-order valence-corrected chi connectivity index (χ0v) is 6.51. The minimum Gasteiger partial charge on any atom is -0.258 e. The van der Waals surface area contributed by atoms with Crippen molar-refractivity contribution in [1.82, 2.24) is 0 Å². The van der Waals surface area contributed by atoms with Gasteiger partial charge in [0.1, 0.15) is 6.07 Å². The lowest BCUT2D eigenvalue weighted by atomic mass is 10.2. The molecule has 0 aliphatic heterocycles. The third-order valence-electron chi connectivity index (χ3n) is 1.30. The van der Waals surface area contributed by atoms with E-state index in [4.69, 9.17) is 5.26 Å². The van der Waals surface area contributed by atoms with Gasteiger partial charge in [0.25, 0.3) is 0 Å². The maximum Gasteiger partial charge on any atom is 0.328 e. The first-order valence-corrected chi connectivity index (χ1v) is 3.67. The highest BCUT2D eigenvalue weighted by Crippen LogP contribution is 2.28. The van der Waals surface area contributed by atoms with Crippen LogP contribution in [0.4, 0.5) is 5.00 Å². The molecule has 0 saturated heterocycles. The summed E-state index contributed by atoms with van der Waals surface area (Å²) < 4.78 is 0. The highest BCUT2D eigenvalue weighted by atomic mass is 32.1. The van der Waals surface area contributed by atoms with Gasteiger partial charge in [-0.1, -0.05) is 11.3 Å². The standard InChI is InChI=1S/C6H4N2O2S/c1-4-5(2-7)3-11-6(4)8(9)10/h3H,1H3. The Bertz CT molecular complexity index is 337. The predicted octanol–water partition coefficient (Wildman–Crippen LogP) is 1.84. The Morgan fingerprint density at radius 3 is 2.73 bits per heavy atom. The smallest absolute Gasteiger partial charge is 0.258 e. The van der Waals surface area contributed by atoms with Crippen molar-refractivity contribution in [2.24, 2.45) is 0 Å². The molecule has 4 nitrogen and oxygen atoms in total. The predicted molar refractivity (Wildman–Crippen MR) is 40.4 cm³/mol. The van der Waals surface area contributed by atoms with Crippen molar-refractivity contribution in [3.05, 3.63) is 26.6 Å². The Kier molecular flexibility index (Phi) is 1.87. The first kappa shape index (κ1) is 7.69. The minimum absolute atomic E-state index is 0.0570. The molecular weight excluding hydrogens is 164 g/mol. The van der Waals surface area contributed by atoms with Crippen molar-refractivity contribution in [2.75, 3.05) is 0 Å². The molecule has 0 spiro atoms. The monoisotopic (exact) mass is 168 g/mol. The fraction of sp³-hybridized carbons (Fsp3) is 0.167. The van der Waals surface area contributed by atoms with E-state index < -0.39 is 4.92 Å². The maximum atomic E-state index is 10.3. The van der Waals surface area contributed by atoms with Gasteiger partial charge in [0.15, 0.2) is 0 Å². The van der Waals surface area contributed by atoms with Crippen molar-refractivity contribution in [3.63, 3.8) is 0 Å². The summed E-state index contributed by atoms with van der Waals surface area (Å²) in [6, 6.07) is 1.88. The van der Waals surface area contributed by atoms with E-state index in [0.29, 0.717) is 11.1 Å². The van der Waals surface area contributed by atoms with E-state index in [1.807, 2.05) is 6.07 Å². The second kappa shape index (κ2) is 2.68. The van der Waals surface area contributed by atoms with Crippen LogP contribution in [0, 0.1) is 28.4 Å². The summed E-state index contributed by atoms with van der Waals surface area (Å²) in [6.45, 7) is 1.58. The quantitative estimate of drug-likeness (QED) is 0.474. The van der Waals surface area contributed by atoms with E-state index in [1.54, 1.807) is 6.92 Å². The van der Waals surface area contributed by atoms with Crippen LogP contribution < -0.4 is 0 Å². The number of nitro groups is 1. The Morgan fingerprint density at radius 1 is 1.82 bits per heavy atom. The molecule has 0 fully saturated rings. The number of nitrogens with zero attached hydrogens (tertiary/aromatic N) is 2. The zero-order valence-electron chi connectivity index (χ0n) is 5.70. The average molecular weight is 168 g/mol. The van der Waals surface area contributed by atoms with Crippen molar-refractivity contribution in [1.29, 1.82) is 5.26 Å². The molecule has 0 aliphatic rings. The van der Waals surface area contributed by atoms with Gasteiger partial charge in [0.2, 0.25) is 0 Å². The van der Waals surface area contributed by atoms with Crippen molar-refractivity contribution in [3.8, 4) is 6.07 Å². The van der Waals surface area contributed by atoms with Crippen LogP contribution in [0.2, 0.25) is 0 Å². The first-order valence-electron chi connectivity index (χ1n) is 2.79. The fourth-order valence-corrected chi connectivity index (χ4v) is 1.53. The van der Waals surface area contributed by atoms with Crippen molar-refractivity contribution in [2.45, 2.75) is 6.92 Å². The molecule has 1 heterocycles. The van der Waals surface area contributed by atoms with Gasteiger partial charge in [-0.25, -0.2) is 0 Å². The zero-order chi connectivity index (χ0) is 8.43. The molecule has 0 saturated carbocycles. The van der Waals surface area contributed by atoms with Crippen LogP contribution in [-0.4, -0.2) is 4.92 Å². The van der Waals surface area contributed by atoms with Crippen LogP contribution in [-0.2, 0) is 0 Å². The van der Waals surface area contributed by atoms with E-state index in [2.05, 4.69) is 0 Å². The summed E-state index contributed by atoms with van der Waals surface area (Å²) >= 11 is 0.987. The molecule has 1 aromatic heterocycles. The largest absolute Gasteiger partial charge is 0.328 e. The van der Waals surface area contributed by atoms with Gasteiger partial charge in [-0.3, -0.25) is 10.1 Å². The van der Waals surface area contributed by atoms with Crippen molar-refractivity contribution < 1.29 is 4.92 Å². The summed E-state index contributed by atoms with van der Waals surface area (Å²) in [7, 11) is 0. The van der Waals surface area contributed by atoms with Crippen LogP contribution >= 0.6 is 11.3 Å². The number of nitriles is 1. The highest BCUT2D eigenvalue weighted by molar-refractivity contribution is 7.13. The maximum absolute atomic E-state index is 10.3. The molecule has 0 aromatic carbocycles. The number of rotatable bonds is 1. The van der Waals surface area contributed by atoms with E-state index in [1.165, 1.54) is 5.38 Å². The number of hydrogen-bond acceptors (Lipinski definition) is 4. The second-order valence-electron chi connectivity index (χ2n) is 1.95. The van der Waals surface area contributed by atoms with Gasteiger partial charge >= 0.3 is 5.00 Å². The topological polar surface area (TPSA) is 66.9 Å². The van der Waals surface area contributed by atoms with Gasteiger partial charge in [0.05, 0.1) is 16.1 Å². The summed E-state index contributed by atoms with van der Waals surface area (Å²) in [5.74, 6) is 0. The second-order valence-corrected chi connectivity index (χ2v) is 2.81. The summed E-state index contributed by atoms with van der Waals surface area (Å²) in [5, 5.41) is 20.3. The van der Waals surface area contributed by atoms with Gasteiger partial charge in [0, 0.05) is 5.38 Å². The van der Waals surface area contributed by atoms with Gasteiger partial charge in [-0.2, -0.15) is 5.26 Å². The fourth-order valence-electron chi connectivity index (χ4n) is 0.697. The van der Waals surface area contributed by atoms with Crippen LogP contribution in [0.25, 0.3) is 0 Å². The molecule has 0 aliphatic carbocycles. The van der Waals surface area contributed by atoms with E-state index in [0.717, 1.165) is 11.3 Å². The molecular formula is C6H4N2O2S. The highest BCUT2D eigenvalue weighted by Gasteiger charge is 2.15. The molecule has 1 rings (SSSR count). The van der Waals surface area contributed by atoms with Gasteiger partial charge < -0.3 is 0 Å². The van der Waals surface area contributed by atoms with Crippen LogP contribution in [0.15, 0.2) is 5.38 Å². The van der Waals surface area contributed by atoms with Crippen LogP contribution in [0.1, 0.15) is 11.1 Å². The molecule has 0 atom stereocenters. The Hall–Kier alpha value is -1.41. The van der Waals surface area contributed by atoms with Crippen molar-refractivity contribution >= 4 is 16.3 Å². The molecule has 0 radical (unpaired) electrons. The Morgan fingerprint density at radius 2 is 2.45 bits per heavy atom. The minimum atomic E-state index is -0.471. The normalized spacial score (nSPS) is 9.09. The summed E-state index contributed by atoms with van der Waals surface area (Å²) in [5.41, 5.74) is 0.851. The lowest BCUT2D eigenvalue weighted by molar-refractivity contribution is -0.380. The molecule has 0 bridgehead atoms. The molecule has 5 heteroatoms. The Balaban J connectivity index is 3.24. The molecule has 0 N–H and O–H groups in total. The first-order chi connectivity index (χ1) is 5.16. The molecule has 0 unspecified atom stereocenters.